The van der Waals surface area contributed by atoms with Crippen molar-refractivity contribution in [2.24, 2.45) is 5.92 Å². The van der Waals surface area contributed by atoms with Gasteiger partial charge in [0.2, 0.25) is 0 Å². The molecule has 20 heavy (non-hydrogen) atoms. The molecule has 3 atom stereocenters. The second-order valence-electron chi connectivity index (χ2n) is 6.67. The Morgan fingerprint density at radius 3 is 2.45 bits per heavy atom. The van der Waals surface area contributed by atoms with E-state index in [2.05, 4.69) is 39.8 Å². The van der Waals surface area contributed by atoms with E-state index in [1.54, 1.807) is 7.11 Å². The van der Waals surface area contributed by atoms with Crippen LogP contribution in [-0.4, -0.2) is 17.8 Å². The second-order valence-corrected chi connectivity index (χ2v) is 6.67. The summed E-state index contributed by atoms with van der Waals surface area (Å²) in [6.07, 6.45) is 3.73. The molecule has 0 saturated heterocycles. The standard InChI is InChI=1S/C18H28O2/c1-12-7-6-8-18(11-12,20-5)17(19)16-10-14(3)13(2)9-15(16)4/h9-10,12,17,19H,6-8,11H2,1-5H3. The third kappa shape index (κ3) is 2.77. The lowest BCUT2D eigenvalue weighted by molar-refractivity contribution is -0.134. The fourth-order valence-electron chi connectivity index (χ4n) is 3.65. The molecule has 2 rings (SSSR count). The smallest absolute Gasteiger partial charge is 0.108 e. The molecule has 2 heteroatoms. The molecule has 1 aliphatic rings. The highest BCUT2D eigenvalue weighted by Gasteiger charge is 2.42. The van der Waals surface area contributed by atoms with E-state index < -0.39 is 11.7 Å². The number of aliphatic hydroxyl groups is 1. The van der Waals surface area contributed by atoms with Crippen molar-refractivity contribution in [3.8, 4) is 0 Å². The molecule has 0 aromatic heterocycles. The van der Waals surface area contributed by atoms with Gasteiger partial charge in [-0.25, -0.2) is 0 Å². The monoisotopic (exact) mass is 276 g/mol. The minimum atomic E-state index is -0.533. The van der Waals surface area contributed by atoms with Crippen molar-refractivity contribution in [1.82, 2.24) is 0 Å². The summed E-state index contributed by atoms with van der Waals surface area (Å²) in [6.45, 7) is 8.56. The number of benzene rings is 1. The Morgan fingerprint density at radius 2 is 1.85 bits per heavy atom. The van der Waals surface area contributed by atoms with Gasteiger partial charge in [0.15, 0.2) is 0 Å². The number of hydrogen-bond donors (Lipinski definition) is 1. The summed E-state index contributed by atoms with van der Waals surface area (Å²) >= 11 is 0. The van der Waals surface area contributed by atoms with Gasteiger partial charge in [-0.1, -0.05) is 31.9 Å². The van der Waals surface area contributed by atoms with Crippen molar-refractivity contribution in [3.05, 3.63) is 34.4 Å². The predicted molar refractivity (Wildman–Crippen MR) is 83.0 cm³/mol. The average Bonchev–Trinajstić information content (AvgIpc) is 2.42. The third-order valence-corrected chi connectivity index (χ3v) is 5.07. The van der Waals surface area contributed by atoms with E-state index >= 15 is 0 Å². The maximum absolute atomic E-state index is 11.0. The Labute approximate surface area is 123 Å². The van der Waals surface area contributed by atoms with Crippen LogP contribution in [0.15, 0.2) is 12.1 Å². The molecular formula is C18H28O2. The average molecular weight is 276 g/mol. The highest BCUT2D eigenvalue weighted by atomic mass is 16.5. The van der Waals surface area contributed by atoms with Crippen LogP contribution in [0.4, 0.5) is 0 Å². The number of rotatable bonds is 3. The van der Waals surface area contributed by atoms with E-state index in [1.165, 1.54) is 17.5 Å². The summed E-state index contributed by atoms with van der Waals surface area (Å²) in [7, 11) is 1.75. The van der Waals surface area contributed by atoms with E-state index in [9.17, 15) is 5.11 Å². The quantitative estimate of drug-likeness (QED) is 0.894. The van der Waals surface area contributed by atoms with Crippen LogP contribution in [0.1, 0.15) is 61.0 Å². The summed E-state index contributed by atoms with van der Waals surface area (Å²) in [6, 6.07) is 4.30. The molecule has 0 bridgehead atoms. The van der Waals surface area contributed by atoms with E-state index in [4.69, 9.17) is 4.74 Å². The van der Waals surface area contributed by atoms with Crippen LogP contribution in [0.3, 0.4) is 0 Å². The maximum atomic E-state index is 11.0. The summed E-state index contributed by atoms with van der Waals surface area (Å²) in [4.78, 5) is 0. The molecule has 112 valence electrons. The predicted octanol–water partition coefficient (Wildman–Crippen LogP) is 4.24. The highest BCUT2D eigenvalue weighted by Crippen LogP contribution is 2.44. The first-order valence-corrected chi connectivity index (χ1v) is 7.70. The van der Waals surface area contributed by atoms with Crippen molar-refractivity contribution >= 4 is 0 Å². The Bertz CT molecular complexity index is 481. The lowest BCUT2D eigenvalue weighted by Crippen LogP contribution is -2.43. The molecule has 1 N–H and O–H groups in total. The Morgan fingerprint density at radius 1 is 1.20 bits per heavy atom. The van der Waals surface area contributed by atoms with Gasteiger partial charge in [0, 0.05) is 7.11 Å². The van der Waals surface area contributed by atoms with Gasteiger partial charge in [-0.2, -0.15) is 0 Å². The van der Waals surface area contributed by atoms with Crippen molar-refractivity contribution in [2.75, 3.05) is 7.11 Å². The van der Waals surface area contributed by atoms with Crippen molar-refractivity contribution in [3.63, 3.8) is 0 Å². The number of hydrogen-bond acceptors (Lipinski definition) is 2. The molecule has 1 saturated carbocycles. The fraction of sp³-hybridized carbons (Fsp3) is 0.667. The van der Waals surface area contributed by atoms with Crippen LogP contribution < -0.4 is 0 Å². The topological polar surface area (TPSA) is 29.5 Å². The molecule has 1 aliphatic carbocycles. The van der Waals surface area contributed by atoms with Crippen molar-refractivity contribution in [1.29, 1.82) is 0 Å². The minimum Gasteiger partial charge on any atom is -0.385 e. The fourth-order valence-corrected chi connectivity index (χ4v) is 3.65. The molecule has 2 nitrogen and oxygen atoms in total. The molecule has 0 spiro atoms. The molecular weight excluding hydrogens is 248 g/mol. The number of aryl methyl sites for hydroxylation is 3. The van der Waals surface area contributed by atoms with Gasteiger partial charge < -0.3 is 9.84 Å². The molecule has 1 aromatic rings. The summed E-state index contributed by atoms with van der Waals surface area (Å²) in [5, 5.41) is 11.0. The second kappa shape index (κ2) is 5.87. The number of aliphatic hydroxyl groups excluding tert-OH is 1. The Balaban J connectivity index is 2.38. The first-order chi connectivity index (χ1) is 9.39. The van der Waals surface area contributed by atoms with E-state index in [-0.39, 0.29) is 0 Å². The molecule has 0 radical (unpaired) electrons. The van der Waals surface area contributed by atoms with Crippen LogP contribution >= 0.6 is 0 Å². The normalized spacial score (nSPS) is 28.4. The first-order valence-electron chi connectivity index (χ1n) is 7.70. The van der Waals surface area contributed by atoms with Gasteiger partial charge in [0.1, 0.15) is 6.10 Å². The lowest BCUT2D eigenvalue weighted by atomic mass is 9.73. The zero-order valence-corrected chi connectivity index (χ0v) is 13.5. The van der Waals surface area contributed by atoms with Crippen LogP contribution in [0.25, 0.3) is 0 Å². The number of methoxy groups -OCH3 is 1. The van der Waals surface area contributed by atoms with Gasteiger partial charge in [0.05, 0.1) is 5.60 Å². The molecule has 0 amide bonds. The van der Waals surface area contributed by atoms with Crippen LogP contribution in [0, 0.1) is 26.7 Å². The van der Waals surface area contributed by atoms with Gasteiger partial charge in [-0.15, -0.1) is 0 Å². The zero-order valence-electron chi connectivity index (χ0n) is 13.5. The van der Waals surface area contributed by atoms with E-state index in [1.807, 2.05) is 0 Å². The van der Waals surface area contributed by atoms with E-state index in [0.29, 0.717) is 5.92 Å². The molecule has 1 fully saturated rings. The highest BCUT2D eigenvalue weighted by molar-refractivity contribution is 5.38. The van der Waals surface area contributed by atoms with Crippen molar-refractivity contribution < 1.29 is 9.84 Å². The summed E-state index contributed by atoms with van der Waals surface area (Å²) in [5.74, 6) is 0.616. The Kier molecular flexibility index (Phi) is 4.55. The molecule has 0 heterocycles. The van der Waals surface area contributed by atoms with Crippen LogP contribution in [0.5, 0.6) is 0 Å². The lowest BCUT2D eigenvalue weighted by Gasteiger charge is -2.43. The van der Waals surface area contributed by atoms with E-state index in [0.717, 1.165) is 30.4 Å². The Hall–Kier alpha value is -0.860. The summed E-state index contributed by atoms with van der Waals surface area (Å²) in [5.41, 5.74) is 4.30. The maximum Gasteiger partial charge on any atom is 0.108 e. The molecule has 3 unspecified atom stereocenters. The third-order valence-electron chi connectivity index (χ3n) is 5.07. The van der Waals surface area contributed by atoms with Crippen molar-refractivity contribution in [2.45, 2.75) is 65.1 Å². The summed E-state index contributed by atoms with van der Waals surface area (Å²) < 4.78 is 5.84. The minimum absolute atomic E-state index is 0.413. The SMILES string of the molecule is COC1(C(O)c2cc(C)c(C)cc2C)CCCC(C)C1. The molecule has 0 aliphatic heterocycles. The molecule has 1 aromatic carbocycles. The van der Waals surface area contributed by atoms with Gasteiger partial charge in [0.25, 0.3) is 0 Å². The van der Waals surface area contributed by atoms with Gasteiger partial charge in [-0.05, 0) is 61.8 Å². The zero-order chi connectivity index (χ0) is 14.9. The van der Waals surface area contributed by atoms with Crippen LogP contribution in [0.2, 0.25) is 0 Å². The number of ether oxygens (including phenoxy) is 1. The van der Waals surface area contributed by atoms with Crippen LogP contribution in [-0.2, 0) is 4.74 Å². The van der Waals surface area contributed by atoms with Gasteiger partial charge in [-0.3, -0.25) is 0 Å². The largest absolute Gasteiger partial charge is 0.385 e. The van der Waals surface area contributed by atoms with Gasteiger partial charge >= 0.3 is 0 Å². The first kappa shape index (κ1) is 15.5.